The van der Waals surface area contributed by atoms with E-state index in [1.54, 1.807) is 14.2 Å². The van der Waals surface area contributed by atoms with Crippen LogP contribution in [0.15, 0.2) is 46.3 Å². The van der Waals surface area contributed by atoms with Crippen LogP contribution >= 0.6 is 23.1 Å². The molecular weight excluding hydrogens is 584 g/mol. The number of hydrogen-bond donors (Lipinski definition) is 1. The molecule has 1 aromatic heterocycles. The molecule has 0 saturated heterocycles. The van der Waals surface area contributed by atoms with Crippen molar-refractivity contribution in [3.63, 3.8) is 0 Å². The number of aromatic nitrogens is 1. The van der Waals surface area contributed by atoms with Crippen molar-refractivity contribution in [1.29, 1.82) is 0 Å². The number of nitrogens with zero attached hydrogens (tertiary/aromatic N) is 2. The van der Waals surface area contributed by atoms with E-state index in [1.807, 2.05) is 51.9 Å². The largest absolute Gasteiger partial charge is 1.00 e. The summed E-state index contributed by atoms with van der Waals surface area (Å²) in [5.41, 5.74) is 1.71. The first kappa shape index (κ1) is 31.2. The molecule has 0 unspecified atom stereocenters. The van der Waals surface area contributed by atoms with E-state index in [2.05, 4.69) is 0 Å². The molecule has 38 heavy (non-hydrogen) atoms. The molecule has 0 radical (unpaired) electrons. The van der Waals surface area contributed by atoms with Crippen LogP contribution in [-0.2, 0) is 26.8 Å². The summed E-state index contributed by atoms with van der Waals surface area (Å²) in [6.45, 7) is 0.647. The molecule has 1 aliphatic heterocycles. The summed E-state index contributed by atoms with van der Waals surface area (Å²) in [6, 6.07) is 11.3. The van der Waals surface area contributed by atoms with E-state index in [9.17, 15) is 25.9 Å². The number of hydrogen-bond acceptors (Lipinski definition) is 10. The number of thioether (sulfide) groups is 1. The van der Waals surface area contributed by atoms with Crippen molar-refractivity contribution in [2.75, 3.05) is 37.2 Å². The summed E-state index contributed by atoms with van der Waals surface area (Å²) in [6.07, 6.45) is 2.32. The molecule has 200 valence electrons. The average molecular weight is 610 g/mol. The maximum absolute atomic E-state index is 11.3. The fourth-order valence-electron chi connectivity index (χ4n) is 4.00. The van der Waals surface area contributed by atoms with Crippen LogP contribution in [0, 0.1) is 0 Å². The Hall–Kier alpha value is -1.36. The van der Waals surface area contributed by atoms with Crippen LogP contribution in [-0.4, -0.2) is 58.2 Å². The van der Waals surface area contributed by atoms with Gasteiger partial charge >= 0.3 is 29.6 Å². The summed E-state index contributed by atoms with van der Waals surface area (Å²) < 4.78 is 79.1. The third kappa shape index (κ3) is 7.86. The SMILES string of the molecule is COc1ccc2c(c1)N(CCCS(=O)(=O)O)C(=Cc1sc3ccc(OC)cc3[n+]1CCCS(=O)(=O)[O-])S2.[Na+]. The van der Waals surface area contributed by atoms with Gasteiger partial charge in [0.25, 0.3) is 15.1 Å². The van der Waals surface area contributed by atoms with Gasteiger partial charge in [-0.2, -0.15) is 13.0 Å². The molecule has 10 nitrogen and oxygen atoms in total. The van der Waals surface area contributed by atoms with Gasteiger partial charge in [0.15, 0.2) is 6.54 Å². The number of benzene rings is 2. The van der Waals surface area contributed by atoms with E-state index in [0.29, 0.717) is 24.6 Å². The van der Waals surface area contributed by atoms with E-state index in [1.165, 1.54) is 23.1 Å². The van der Waals surface area contributed by atoms with Crippen molar-refractivity contribution >= 4 is 65.3 Å². The Bertz CT molecular complexity index is 1550. The fourth-order valence-corrected chi connectivity index (χ4v) is 7.26. The van der Waals surface area contributed by atoms with Gasteiger partial charge < -0.3 is 18.9 Å². The van der Waals surface area contributed by atoms with Gasteiger partial charge in [-0.15, -0.1) is 0 Å². The predicted molar refractivity (Wildman–Crippen MR) is 143 cm³/mol. The predicted octanol–water partition coefficient (Wildman–Crippen LogP) is 0.334. The van der Waals surface area contributed by atoms with Gasteiger partial charge in [0, 0.05) is 29.7 Å². The zero-order chi connectivity index (χ0) is 26.8. The standard InChI is InChI=1S/C23H26N2O8S4.Na/c1-32-16-5-7-20-18(13-16)24(9-3-11-36(26,27)28)22(34-20)15-23-25(10-4-12-37(29,30)31)19-14-17(33-2)6-8-21(19)35-23;/h5-8,13-15H,3-4,9-12H2,1-2H3,(H-,26,27,28,29,30,31);/q;+1. The van der Waals surface area contributed by atoms with E-state index in [0.717, 1.165) is 30.8 Å². The average Bonchev–Trinajstić information content (AvgIpc) is 3.34. The molecule has 0 spiro atoms. The molecule has 4 rings (SSSR count). The number of thiazole rings is 1. The Kier molecular flexibility index (Phi) is 10.6. The molecule has 15 heteroatoms. The zero-order valence-electron chi connectivity index (χ0n) is 21.1. The first-order valence-corrected chi connectivity index (χ1v) is 16.0. The Labute approximate surface area is 252 Å². The van der Waals surface area contributed by atoms with Crippen molar-refractivity contribution in [3.8, 4) is 11.5 Å². The minimum absolute atomic E-state index is 0. The second-order valence-electron chi connectivity index (χ2n) is 8.25. The first-order valence-electron chi connectivity index (χ1n) is 11.2. The van der Waals surface area contributed by atoms with Gasteiger partial charge in [-0.25, -0.2) is 8.42 Å². The topological polar surface area (TPSA) is 137 Å². The molecule has 2 heterocycles. The number of anilines is 1. The third-order valence-corrected chi connectivity index (χ3v) is 9.50. The fraction of sp³-hybridized carbons (Fsp3) is 0.348. The van der Waals surface area contributed by atoms with Gasteiger partial charge in [-0.3, -0.25) is 4.55 Å². The number of fused-ring (bicyclic) bond motifs is 2. The van der Waals surface area contributed by atoms with Crippen molar-refractivity contribution in [1.82, 2.24) is 0 Å². The Morgan fingerprint density at radius 3 is 2.37 bits per heavy atom. The molecule has 3 aromatic rings. The molecule has 1 N–H and O–H groups in total. The zero-order valence-corrected chi connectivity index (χ0v) is 26.4. The Morgan fingerprint density at radius 2 is 1.71 bits per heavy atom. The van der Waals surface area contributed by atoms with E-state index < -0.39 is 26.0 Å². The summed E-state index contributed by atoms with van der Waals surface area (Å²) in [5, 5.41) is 1.66. The molecule has 0 fully saturated rings. The van der Waals surface area contributed by atoms with E-state index >= 15 is 0 Å². The smallest absolute Gasteiger partial charge is 0.748 e. The van der Waals surface area contributed by atoms with Crippen LogP contribution in [0.4, 0.5) is 5.69 Å². The van der Waals surface area contributed by atoms with Crippen LogP contribution in [0.5, 0.6) is 11.5 Å². The molecule has 0 atom stereocenters. The number of aryl methyl sites for hydroxylation is 1. The molecular formula is C23H26N2NaO8S4+. The summed E-state index contributed by atoms with van der Waals surface area (Å²) in [7, 11) is -5.31. The number of rotatable bonds is 11. The quantitative estimate of drug-likeness (QED) is 0.184. The molecule has 0 amide bonds. The molecule has 2 aromatic carbocycles. The van der Waals surface area contributed by atoms with Crippen LogP contribution in [0.3, 0.4) is 0 Å². The van der Waals surface area contributed by atoms with Crippen LogP contribution in [0.2, 0.25) is 0 Å². The third-order valence-electron chi connectivity index (χ3n) is 5.68. The number of methoxy groups -OCH3 is 2. The van der Waals surface area contributed by atoms with Crippen molar-refractivity contribution in [3.05, 3.63) is 46.4 Å². The summed E-state index contributed by atoms with van der Waals surface area (Å²) in [4.78, 5) is 2.94. The second-order valence-corrected chi connectivity index (χ2v) is 13.5. The van der Waals surface area contributed by atoms with Gasteiger partial charge in [0.1, 0.15) is 16.2 Å². The summed E-state index contributed by atoms with van der Waals surface area (Å²) in [5.74, 6) is 0.464. The van der Waals surface area contributed by atoms with Crippen LogP contribution < -0.4 is 48.5 Å². The maximum Gasteiger partial charge on any atom is 1.00 e. The minimum atomic E-state index is -4.35. The second kappa shape index (κ2) is 12.9. The van der Waals surface area contributed by atoms with Crippen LogP contribution in [0.1, 0.15) is 17.8 Å². The van der Waals surface area contributed by atoms with Gasteiger partial charge in [0.2, 0.25) is 5.52 Å². The normalized spacial score (nSPS) is 14.5. The van der Waals surface area contributed by atoms with Gasteiger partial charge in [-0.1, -0.05) is 23.1 Å². The van der Waals surface area contributed by atoms with E-state index in [-0.39, 0.29) is 48.2 Å². The van der Waals surface area contributed by atoms with Gasteiger partial charge in [0.05, 0.1) is 52.9 Å². The monoisotopic (exact) mass is 609 g/mol. The van der Waals surface area contributed by atoms with Crippen LogP contribution in [0.25, 0.3) is 16.3 Å². The van der Waals surface area contributed by atoms with Gasteiger partial charge in [-0.05, 0) is 30.7 Å². The molecule has 1 aliphatic rings. The molecule has 0 aliphatic carbocycles. The minimum Gasteiger partial charge on any atom is -0.748 e. The first-order chi connectivity index (χ1) is 17.5. The van der Waals surface area contributed by atoms with Crippen molar-refractivity contribution in [2.24, 2.45) is 0 Å². The molecule has 0 saturated carbocycles. The molecule has 0 bridgehead atoms. The Morgan fingerprint density at radius 1 is 1.03 bits per heavy atom. The van der Waals surface area contributed by atoms with E-state index in [4.69, 9.17) is 9.47 Å². The van der Waals surface area contributed by atoms with Crippen molar-refractivity contribution < 1.29 is 69.5 Å². The summed E-state index contributed by atoms with van der Waals surface area (Å²) >= 11 is 3.02. The van der Waals surface area contributed by atoms with Crippen molar-refractivity contribution in [2.45, 2.75) is 24.3 Å². The number of ether oxygens (including phenoxy) is 2. The Balaban J connectivity index is 0.00000400. The maximum atomic E-state index is 11.3.